The third-order valence-electron chi connectivity index (χ3n) is 5.08. The number of hydrogen-bond acceptors (Lipinski definition) is 4. The highest BCUT2D eigenvalue weighted by molar-refractivity contribution is 5.96. The van der Waals surface area contributed by atoms with Crippen molar-refractivity contribution in [3.63, 3.8) is 0 Å². The lowest BCUT2D eigenvalue weighted by molar-refractivity contribution is -0.137. The molecular weight excluding hydrogens is 399 g/mol. The summed E-state index contributed by atoms with van der Waals surface area (Å²) < 4.78 is 43.3. The number of likely N-dealkylation sites (tertiary alicyclic amines) is 1. The number of amides is 2. The third kappa shape index (κ3) is 5.85. The molecule has 1 aromatic carbocycles. The van der Waals surface area contributed by atoms with Gasteiger partial charge in [0.15, 0.2) is 0 Å². The van der Waals surface area contributed by atoms with Gasteiger partial charge in [-0.05, 0) is 62.3 Å². The SMILES string of the molecule is O=C(CNC(=O)c1ccc(C(F)(F)F)cc1)NCC(c1ccco1)N1CCCCC1. The first-order valence-electron chi connectivity index (χ1n) is 9.84. The van der Waals surface area contributed by atoms with Crippen LogP contribution < -0.4 is 10.6 Å². The van der Waals surface area contributed by atoms with Crippen molar-refractivity contribution in [3.05, 3.63) is 59.5 Å². The van der Waals surface area contributed by atoms with Crippen LogP contribution in [0.25, 0.3) is 0 Å². The van der Waals surface area contributed by atoms with Crippen molar-refractivity contribution in [2.24, 2.45) is 0 Å². The minimum absolute atomic E-state index is 0.0533. The Morgan fingerprint density at radius 3 is 2.33 bits per heavy atom. The number of piperidine rings is 1. The van der Waals surface area contributed by atoms with E-state index in [0.717, 1.165) is 56.0 Å². The van der Waals surface area contributed by atoms with Gasteiger partial charge in [0.05, 0.1) is 24.4 Å². The van der Waals surface area contributed by atoms with Gasteiger partial charge in [-0.1, -0.05) is 6.42 Å². The highest BCUT2D eigenvalue weighted by Gasteiger charge is 2.30. The highest BCUT2D eigenvalue weighted by Crippen LogP contribution is 2.29. The van der Waals surface area contributed by atoms with Gasteiger partial charge < -0.3 is 15.1 Å². The third-order valence-corrected chi connectivity index (χ3v) is 5.08. The van der Waals surface area contributed by atoms with Crippen molar-refractivity contribution in [2.75, 3.05) is 26.2 Å². The fourth-order valence-electron chi connectivity index (χ4n) is 3.47. The maximum atomic E-state index is 12.6. The van der Waals surface area contributed by atoms with Crippen LogP contribution in [-0.2, 0) is 11.0 Å². The second-order valence-electron chi connectivity index (χ2n) is 7.19. The second kappa shape index (κ2) is 9.80. The molecule has 162 valence electrons. The zero-order valence-electron chi connectivity index (χ0n) is 16.4. The number of nitrogens with one attached hydrogen (secondary N) is 2. The van der Waals surface area contributed by atoms with Crippen molar-refractivity contribution in [1.29, 1.82) is 0 Å². The van der Waals surface area contributed by atoms with Crippen LogP contribution in [0.15, 0.2) is 47.1 Å². The standard InChI is InChI=1S/C21H24F3N3O3/c22-21(23,24)16-8-6-15(7-9-16)20(29)26-14-19(28)25-13-17(18-5-4-12-30-18)27-10-2-1-3-11-27/h4-9,12,17H,1-3,10-11,13-14H2,(H,25,28)(H,26,29). The molecule has 1 atom stereocenters. The summed E-state index contributed by atoms with van der Waals surface area (Å²) in [7, 11) is 0. The number of carbonyl (C=O) groups excluding carboxylic acids is 2. The molecule has 1 aliphatic rings. The lowest BCUT2D eigenvalue weighted by Gasteiger charge is -2.33. The summed E-state index contributed by atoms with van der Waals surface area (Å²) in [4.78, 5) is 26.6. The van der Waals surface area contributed by atoms with Crippen LogP contribution in [0.4, 0.5) is 13.2 Å². The number of rotatable bonds is 7. The summed E-state index contributed by atoms with van der Waals surface area (Å²) >= 11 is 0. The number of alkyl halides is 3. The van der Waals surface area contributed by atoms with Crippen molar-refractivity contribution in [2.45, 2.75) is 31.5 Å². The van der Waals surface area contributed by atoms with Crippen molar-refractivity contribution >= 4 is 11.8 Å². The first-order valence-corrected chi connectivity index (χ1v) is 9.84. The van der Waals surface area contributed by atoms with Crippen molar-refractivity contribution in [1.82, 2.24) is 15.5 Å². The van der Waals surface area contributed by atoms with Crippen LogP contribution in [0.1, 0.15) is 47.0 Å². The molecule has 2 N–H and O–H groups in total. The van der Waals surface area contributed by atoms with Crippen LogP contribution in [0, 0.1) is 0 Å². The molecular formula is C21H24F3N3O3. The molecule has 2 aromatic rings. The van der Waals surface area contributed by atoms with Gasteiger partial charge >= 0.3 is 6.18 Å². The molecule has 1 fully saturated rings. The van der Waals surface area contributed by atoms with Gasteiger partial charge in [-0.2, -0.15) is 13.2 Å². The molecule has 2 amide bonds. The molecule has 1 saturated heterocycles. The molecule has 2 heterocycles. The first kappa shape index (κ1) is 21.9. The van der Waals surface area contributed by atoms with Gasteiger partial charge in [-0.25, -0.2) is 0 Å². The van der Waals surface area contributed by atoms with Crippen molar-refractivity contribution < 1.29 is 27.2 Å². The largest absolute Gasteiger partial charge is 0.468 e. The van der Waals surface area contributed by atoms with Crippen molar-refractivity contribution in [3.8, 4) is 0 Å². The molecule has 9 heteroatoms. The van der Waals surface area contributed by atoms with Crippen LogP contribution in [-0.4, -0.2) is 42.9 Å². The van der Waals surface area contributed by atoms with Gasteiger partial charge in [0.2, 0.25) is 5.91 Å². The number of furan rings is 1. The summed E-state index contributed by atoms with van der Waals surface area (Å²) in [5.74, 6) is -0.229. The molecule has 0 bridgehead atoms. The van der Waals surface area contributed by atoms with Crippen LogP contribution in [0.3, 0.4) is 0 Å². The lowest BCUT2D eigenvalue weighted by atomic mass is 10.1. The highest BCUT2D eigenvalue weighted by atomic mass is 19.4. The lowest BCUT2D eigenvalue weighted by Crippen LogP contribution is -2.43. The Morgan fingerprint density at radius 2 is 1.73 bits per heavy atom. The molecule has 1 unspecified atom stereocenters. The minimum atomic E-state index is -4.46. The molecule has 6 nitrogen and oxygen atoms in total. The number of carbonyl (C=O) groups is 2. The Morgan fingerprint density at radius 1 is 1.03 bits per heavy atom. The van der Waals surface area contributed by atoms with E-state index in [0.29, 0.717) is 6.54 Å². The van der Waals surface area contributed by atoms with E-state index in [-0.39, 0.29) is 24.1 Å². The number of hydrogen-bond donors (Lipinski definition) is 2. The van der Waals surface area contributed by atoms with E-state index in [9.17, 15) is 22.8 Å². The van der Waals surface area contributed by atoms with E-state index in [4.69, 9.17) is 4.42 Å². The minimum Gasteiger partial charge on any atom is -0.468 e. The van der Waals surface area contributed by atoms with E-state index in [1.807, 2.05) is 6.07 Å². The van der Waals surface area contributed by atoms with E-state index in [1.165, 1.54) is 6.42 Å². The van der Waals surface area contributed by atoms with Gasteiger partial charge in [0.25, 0.3) is 5.91 Å². The summed E-state index contributed by atoms with van der Waals surface area (Å²) in [5, 5.41) is 5.23. The predicted octanol–water partition coefficient (Wildman–Crippen LogP) is 3.37. The molecule has 1 aliphatic heterocycles. The molecule has 1 aromatic heterocycles. The van der Waals surface area contributed by atoms with E-state index in [1.54, 1.807) is 12.3 Å². The second-order valence-corrected chi connectivity index (χ2v) is 7.19. The smallest absolute Gasteiger partial charge is 0.416 e. The van der Waals surface area contributed by atoms with E-state index in [2.05, 4.69) is 15.5 Å². The molecule has 0 saturated carbocycles. The van der Waals surface area contributed by atoms with Gasteiger partial charge in [-0.15, -0.1) is 0 Å². The number of nitrogens with zero attached hydrogens (tertiary/aromatic N) is 1. The Balaban J connectivity index is 1.50. The fourth-order valence-corrected chi connectivity index (χ4v) is 3.47. The average molecular weight is 423 g/mol. The van der Waals surface area contributed by atoms with Crippen LogP contribution in [0.5, 0.6) is 0 Å². The fraction of sp³-hybridized carbons (Fsp3) is 0.429. The molecule has 0 aliphatic carbocycles. The maximum Gasteiger partial charge on any atom is 0.416 e. The Bertz CT molecular complexity index is 829. The van der Waals surface area contributed by atoms with Crippen LogP contribution in [0.2, 0.25) is 0 Å². The maximum absolute atomic E-state index is 12.6. The topological polar surface area (TPSA) is 74.6 Å². The average Bonchev–Trinajstić information content (AvgIpc) is 3.27. The zero-order valence-corrected chi connectivity index (χ0v) is 16.4. The first-order chi connectivity index (χ1) is 14.3. The predicted molar refractivity (Wildman–Crippen MR) is 104 cm³/mol. The van der Waals surface area contributed by atoms with E-state index >= 15 is 0 Å². The van der Waals surface area contributed by atoms with Gasteiger partial charge in [0, 0.05) is 12.1 Å². The zero-order chi connectivity index (χ0) is 21.6. The quantitative estimate of drug-likeness (QED) is 0.716. The normalized spacial score (nSPS) is 16.1. The van der Waals surface area contributed by atoms with Gasteiger partial charge in [0.1, 0.15) is 5.76 Å². The van der Waals surface area contributed by atoms with E-state index < -0.39 is 17.6 Å². The molecule has 0 radical (unpaired) electrons. The monoisotopic (exact) mass is 423 g/mol. The Labute approximate surface area is 172 Å². The summed E-state index contributed by atoms with van der Waals surface area (Å²) in [6, 6.07) is 7.42. The van der Waals surface area contributed by atoms with Gasteiger partial charge in [-0.3, -0.25) is 14.5 Å². The summed E-state index contributed by atoms with van der Waals surface area (Å²) in [6.45, 7) is 1.91. The number of halogens is 3. The summed E-state index contributed by atoms with van der Waals surface area (Å²) in [5.41, 5.74) is -0.781. The molecule has 30 heavy (non-hydrogen) atoms. The molecule has 0 spiro atoms. The Kier molecular flexibility index (Phi) is 7.15. The number of benzene rings is 1. The summed E-state index contributed by atoms with van der Waals surface area (Å²) in [6.07, 6.45) is 0.499. The van der Waals surface area contributed by atoms with Crippen LogP contribution >= 0.6 is 0 Å². The molecule has 3 rings (SSSR count). The Hall–Kier alpha value is -2.81.